The molecule has 0 fully saturated rings. The van der Waals surface area contributed by atoms with Crippen molar-refractivity contribution in [1.82, 2.24) is 10.2 Å². The second-order valence-electron chi connectivity index (χ2n) is 7.38. The van der Waals surface area contributed by atoms with Gasteiger partial charge in [0.15, 0.2) is 0 Å². The Labute approximate surface area is 161 Å². The molecule has 0 saturated heterocycles. The molecule has 1 unspecified atom stereocenters. The fraction of sp³-hybridized carbons (Fsp3) is 0.778. The molecule has 0 aliphatic rings. The van der Waals surface area contributed by atoms with Gasteiger partial charge in [-0.15, -0.1) is 0 Å². The predicted octanol–water partition coefficient (Wildman–Crippen LogP) is 1.15. The third kappa shape index (κ3) is 8.31. The molecule has 0 aromatic heterocycles. The Morgan fingerprint density at radius 2 is 1.62 bits per heavy atom. The number of rotatable bonds is 11. The van der Waals surface area contributed by atoms with Crippen molar-refractivity contribution in [2.24, 2.45) is 17.6 Å². The van der Waals surface area contributed by atoms with E-state index in [0.29, 0.717) is 31.3 Å². The van der Waals surface area contributed by atoms with Crippen LogP contribution < -0.4 is 11.1 Å². The van der Waals surface area contributed by atoms with E-state index in [2.05, 4.69) is 17.9 Å². The minimum atomic E-state index is -0.919. The SMILES string of the molecule is CC(=O)N(C(C=O)CCS)[C@@H](CC(C)C)C(=O)NC(=O)[C@@H](N)CC(C)C. The van der Waals surface area contributed by atoms with Gasteiger partial charge >= 0.3 is 0 Å². The summed E-state index contributed by atoms with van der Waals surface area (Å²) in [6.45, 7) is 8.97. The quantitative estimate of drug-likeness (QED) is 0.364. The number of amides is 3. The maximum atomic E-state index is 12.7. The molecule has 0 rings (SSSR count). The standard InChI is InChI=1S/C18H33N3O4S/c1-11(2)8-15(19)17(24)20-18(25)16(9-12(3)4)21(13(5)23)14(10-22)6-7-26/h10-12,14-16,26H,6-9,19H2,1-5H3,(H,20,24,25)/t14?,15-,16-/m0/s1. The monoisotopic (exact) mass is 387 g/mol. The van der Waals surface area contributed by atoms with E-state index in [4.69, 9.17) is 5.73 Å². The van der Waals surface area contributed by atoms with Crippen LogP contribution in [-0.2, 0) is 19.2 Å². The number of imide groups is 1. The molecule has 0 aliphatic heterocycles. The molecule has 0 aromatic rings. The summed E-state index contributed by atoms with van der Waals surface area (Å²) < 4.78 is 0. The van der Waals surface area contributed by atoms with Crippen LogP contribution in [0.3, 0.4) is 0 Å². The molecular formula is C18H33N3O4S. The predicted molar refractivity (Wildman–Crippen MR) is 105 cm³/mol. The normalized spacial score (nSPS) is 14.7. The van der Waals surface area contributed by atoms with Crippen LogP contribution in [-0.4, -0.2) is 52.8 Å². The van der Waals surface area contributed by atoms with Crippen molar-refractivity contribution in [3.63, 3.8) is 0 Å². The molecule has 0 radical (unpaired) electrons. The van der Waals surface area contributed by atoms with Gasteiger partial charge < -0.3 is 15.4 Å². The molecule has 0 aliphatic carbocycles. The maximum Gasteiger partial charge on any atom is 0.249 e. The lowest BCUT2D eigenvalue weighted by atomic mass is 9.98. The van der Waals surface area contributed by atoms with Crippen LogP contribution in [0.1, 0.15) is 53.9 Å². The van der Waals surface area contributed by atoms with Crippen molar-refractivity contribution in [2.45, 2.75) is 72.0 Å². The summed E-state index contributed by atoms with van der Waals surface area (Å²) in [5.74, 6) is -0.900. The number of nitrogens with one attached hydrogen (secondary N) is 1. The summed E-state index contributed by atoms with van der Waals surface area (Å²) >= 11 is 4.11. The summed E-state index contributed by atoms with van der Waals surface area (Å²) in [7, 11) is 0. The summed E-state index contributed by atoms with van der Waals surface area (Å²) in [5, 5.41) is 2.32. The van der Waals surface area contributed by atoms with Gasteiger partial charge in [-0.2, -0.15) is 12.6 Å². The highest BCUT2D eigenvalue weighted by Gasteiger charge is 2.35. The van der Waals surface area contributed by atoms with Crippen LogP contribution in [0.2, 0.25) is 0 Å². The van der Waals surface area contributed by atoms with Crippen molar-refractivity contribution >= 4 is 36.6 Å². The average Bonchev–Trinajstić information content (AvgIpc) is 2.51. The number of aldehydes is 1. The Morgan fingerprint density at radius 3 is 2.00 bits per heavy atom. The topological polar surface area (TPSA) is 110 Å². The first-order chi connectivity index (χ1) is 12.0. The zero-order valence-electron chi connectivity index (χ0n) is 16.4. The summed E-state index contributed by atoms with van der Waals surface area (Å²) in [5.41, 5.74) is 5.83. The molecule has 3 amide bonds. The highest BCUT2D eigenvalue weighted by Crippen LogP contribution is 2.17. The average molecular weight is 388 g/mol. The van der Waals surface area contributed by atoms with Gasteiger partial charge in [0.25, 0.3) is 0 Å². The Hall–Kier alpha value is -1.41. The molecular weight excluding hydrogens is 354 g/mol. The van der Waals surface area contributed by atoms with E-state index >= 15 is 0 Å². The minimum Gasteiger partial charge on any atom is -0.321 e. The molecule has 150 valence electrons. The number of hydrogen-bond acceptors (Lipinski definition) is 6. The van der Waals surface area contributed by atoms with E-state index in [0.717, 1.165) is 0 Å². The van der Waals surface area contributed by atoms with Crippen LogP contribution in [0.25, 0.3) is 0 Å². The number of nitrogens with zero attached hydrogens (tertiary/aromatic N) is 1. The first kappa shape index (κ1) is 24.6. The Morgan fingerprint density at radius 1 is 1.08 bits per heavy atom. The number of carbonyl (C=O) groups excluding carboxylic acids is 4. The zero-order valence-corrected chi connectivity index (χ0v) is 17.3. The smallest absolute Gasteiger partial charge is 0.249 e. The molecule has 3 atom stereocenters. The van der Waals surface area contributed by atoms with Gasteiger partial charge in [0, 0.05) is 6.92 Å². The van der Waals surface area contributed by atoms with E-state index in [-0.39, 0.29) is 11.8 Å². The highest BCUT2D eigenvalue weighted by molar-refractivity contribution is 7.80. The molecule has 8 heteroatoms. The third-order valence-electron chi connectivity index (χ3n) is 3.94. The number of carbonyl (C=O) groups is 4. The van der Waals surface area contributed by atoms with Crippen LogP contribution in [0.4, 0.5) is 0 Å². The number of nitrogens with two attached hydrogens (primary N) is 1. The van der Waals surface area contributed by atoms with Crippen LogP contribution in [0.5, 0.6) is 0 Å². The first-order valence-electron chi connectivity index (χ1n) is 9.00. The first-order valence-corrected chi connectivity index (χ1v) is 9.63. The fourth-order valence-corrected chi connectivity index (χ4v) is 3.06. The van der Waals surface area contributed by atoms with Gasteiger partial charge in [-0.05, 0) is 36.9 Å². The van der Waals surface area contributed by atoms with Crippen LogP contribution in [0, 0.1) is 11.8 Å². The fourth-order valence-electron chi connectivity index (χ4n) is 2.79. The highest BCUT2D eigenvalue weighted by atomic mass is 32.1. The molecule has 7 nitrogen and oxygen atoms in total. The van der Waals surface area contributed by atoms with Crippen LogP contribution in [0.15, 0.2) is 0 Å². The van der Waals surface area contributed by atoms with Gasteiger partial charge in [-0.3, -0.25) is 19.7 Å². The van der Waals surface area contributed by atoms with E-state index < -0.39 is 35.8 Å². The summed E-state index contributed by atoms with van der Waals surface area (Å²) in [4.78, 5) is 49.8. The molecule has 26 heavy (non-hydrogen) atoms. The van der Waals surface area contributed by atoms with Gasteiger partial charge in [0.1, 0.15) is 12.3 Å². The van der Waals surface area contributed by atoms with Gasteiger partial charge in [-0.25, -0.2) is 0 Å². The van der Waals surface area contributed by atoms with E-state index in [1.165, 1.54) is 11.8 Å². The van der Waals surface area contributed by atoms with Crippen LogP contribution >= 0.6 is 12.6 Å². The van der Waals surface area contributed by atoms with E-state index in [9.17, 15) is 19.2 Å². The lowest BCUT2D eigenvalue weighted by Gasteiger charge is -2.35. The lowest BCUT2D eigenvalue weighted by molar-refractivity contribution is -0.146. The number of hydrogen-bond donors (Lipinski definition) is 3. The van der Waals surface area contributed by atoms with Crippen molar-refractivity contribution in [1.29, 1.82) is 0 Å². The van der Waals surface area contributed by atoms with E-state index in [1.807, 2.05) is 27.7 Å². The molecule has 0 saturated carbocycles. The van der Waals surface area contributed by atoms with E-state index in [1.54, 1.807) is 0 Å². The molecule has 0 heterocycles. The molecule has 0 spiro atoms. The second-order valence-corrected chi connectivity index (χ2v) is 7.82. The summed E-state index contributed by atoms with van der Waals surface area (Å²) in [6, 6.07) is -2.49. The Balaban J connectivity index is 5.48. The lowest BCUT2D eigenvalue weighted by Crippen LogP contribution is -2.57. The Kier molecular flexibility index (Phi) is 11.4. The largest absolute Gasteiger partial charge is 0.321 e. The zero-order chi connectivity index (χ0) is 20.4. The maximum absolute atomic E-state index is 12.7. The minimum absolute atomic E-state index is 0.0790. The van der Waals surface area contributed by atoms with Gasteiger partial charge in [0.05, 0.1) is 12.1 Å². The molecule has 0 bridgehead atoms. The Bertz CT molecular complexity index is 497. The van der Waals surface area contributed by atoms with Gasteiger partial charge in [-0.1, -0.05) is 27.7 Å². The summed E-state index contributed by atoms with van der Waals surface area (Å²) in [6.07, 6.45) is 1.75. The van der Waals surface area contributed by atoms with Gasteiger partial charge in [0.2, 0.25) is 17.7 Å². The molecule has 3 N–H and O–H groups in total. The van der Waals surface area contributed by atoms with Crippen molar-refractivity contribution in [3.8, 4) is 0 Å². The number of thiol groups is 1. The third-order valence-corrected chi connectivity index (χ3v) is 4.20. The second kappa shape index (κ2) is 12.1. The van der Waals surface area contributed by atoms with Crippen molar-refractivity contribution in [3.05, 3.63) is 0 Å². The van der Waals surface area contributed by atoms with Crippen molar-refractivity contribution < 1.29 is 19.2 Å². The molecule has 0 aromatic carbocycles. The van der Waals surface area contributed by atoms with Crippen molar-refractivity contribution in [2.75, 3.05) is 5.75 Å².